The van der Waals surface area contributed by atoms with Gasteiger partial charge in [-0.3, -0.25) is 4.79 Å². The average molecular weight is 587 g/mol. The molecule has 212 valence electrons. The molecule has 0 spiro atoms. The normalized spacial score (nSPS) is 15.0. The van der Waals surface area contributed by atoms with Crippen molar-refractivity contribution in [2.45, 2.75) is 38.4 Å². The second-order valence-electron chi connectivity index (χ2n) is 10.0. The van der Waals surface area contributed by atoms with Crippen molar-refractivity contribution >= 4 is 40.8 Å². The third-order valence-electron chi connectivity index (χ3n) is 7.10. The lowest BCUT2D eigenvalue weighted by atomic mass is 10.0. The number of primary amides is 1. The van der Waals surface area contributed by atoms with Crippen molar-refractivity contribution in [1.29, 1.82) is 0 Å². The van der Waals surface area contributed by atoms with Crippen LogP contribution in [0.15, 0.2) is 66.7 Å². The van der Waals surface area contributed by atoms with Crippen LogP contribution in [-0.4, -0.2) is 55.1 Å². The molecule has 1 heterocycles. The van der Waals surface area contributed by atoms with E-state index < -0.39 is 12.1 Å². The molecule has 10 heteroatoms. The number of urea groups is 1. The van der Waals surface area contributed by atoms with Crippen molar-refractivity contribution in [2.75, 3.05) is 31.1 Å². The van der Waals surface area contributed by atoms with Crippen molar-refractivity contribution in [3.63, 3.8) is 0 Å². The summed E-state index contributed by atoms with van der Waals surface area (Å²) in [4.78, 5) is 29.1. The molecule has 1 aliphatic rings. The fraction of sp³-hybridized carbons (Fsp3) is 0.333. The molecule has 0 aromatic heterocycles. The van der Waals surface area contributed by atoms with Crippen LogP contribution >= 0.6 is 23.2 Å². The van der Waals surface area contributed by atoms with Gasteiger partial charge in [-0.05, 0) is 48.7 Å². The number of halogens is 3. The van der Waals surface area contributed by atoms with Gasteiger partial charge in [-0.15, -0.1) is 0 Å². The molecular weight excluding hydrogens is 552 g/mol. The number of nitrogens with zero attached hydrogens (tertiary/aromatic N) is 2. The standard InChI is InChI=1S/C30H34Cl2FN5O2/c1-20(35-19-23-7-2-4-8-26(23)33)16-22-6-3-5-9-28(22)37-12-14-38(15-13-37)29(39)27(36-30(34)40)17-21-10-11-24(31)18-25(21)32/h2-11,18,20,27,35H,12-17,19H2,1H3,(H3,34,36,40). The lowest BCUT2D eigenvalue weighted by molar-refractivity contribution is -0.133. The summed E-state index contributed by atoms with van der Waals surface area (Å²) in [5.41, 5.74) is 9.03. The third-order valence-corrected chi connectivity index (χ3v) is 7.69. The fourth-order valence-corrected chi connectivity index (χ4v) is 5.47. The molecular formula is C30H34Cl2FN5O2. The number of nitrogens with one attached hydrogen (secondary N) is 2. The molecule has 3 aromatic rings. The summed E-state index contributed by atoms with van der Waals surface area (Å²) in [5, 5.41) is 6.92. The summed E-state index contributed by atoms with van der Waals surface area (Å²) in [6.45, 7) is 4.83. The first kappa shape index (κ1) is 29.6. The van der Waals surface area contributed by atoms with Gasteiger partial charge >= 0.3 is 6.03 Å². The maximum Gasteiger partial charge on any atom is 0.312 e. The zero-order valence-electron chi connectivity index (χ0n) is 22.4. The Morgan fingerprint density at radius 1 is 0.925 bits per heavy atom. The Morgan fingerprint density at radius 2 is 1.60 bits per heavy atom. The van der Waals surface area contributed by atoms with E-state index in [-0.39, 0.29) is 24.2 Å². The van der Waals surface area contributed by atoms with Crippen molar-refractivity contribution in [2.24, 2.45) is 5.73 Å². The zero-order valence-corrected chi connectivity index (χ0v) is 23.9. The molecule has 0 radical (unpaired) electrons. The number of benzene rings is 3. The van der Waals surface area contributed by atoms with Crippen LogP contribution in [0.25, 0.3) is 0 Å². The second kappa shape index (κ2) is 13.8. The Bertz CT molecular complexity index is 1330. The summed E-state index contributed by atoms with van der Waals surface area (Å²) >= 11 is 12.3. The third kappa shape index (κ3) is 7.87. The first-order valence-corrected chi connectivity index (χ1v) is 14.0. The molecule has 1 fully saturated rings. The van der Waals surface area contributed by atoms with Gasteiger partial charge in [-0.25, -0.2) is 9.18 Å². The summed E-state index contributed by atoms with van der Waals surface area (Å²) in [6, 6.07) is 18.6. The van der Waals surface area contributed by atoms with E-state index in [1.54, 1.807) is 35.2 Å². The lowest BCUT2D eigenvalue weighted by Crippen LogP contribution is -2.56. The minimum absolute atomic E-state index is 0.129. The number of hydrogen-bond donors (Lipinski definition) is 3. The Labute approximate surface area is 244 Å². The molecule has 3 amide bonds. The maximum absolute atomic E-state index is 14.0. The molecule has 7 nitrogen and oxygen atoms in total. The van der Waals surface area contributed by atoms with Crippen LogP contribution in [0.2, 0.25) is 10.0 Å². The molecule has 1 saturated heterocycles. The van der Waals surface area contributed by atoms with E-state index in [4.69, 9.17) is 28.9 Å². The minimum Gasteiger partial charge on any atom is -0.368 e. The molecule has 4 N–H and O–H groups in total. The van der Waals surface area contributed by atoms with Gasteiger partial charge in [0.1, 0.15) is 11.9 Å². The first-order valence-electron chi connectivity index (χ1n) is 13.3. The van der Waals surface area contributed by atoms with Crippen LogP contribution in [0.4, 0.5) is 14.9 Å². The number of nitrogens with two attached hydrogens (primary N) is 1. The molecule has 1 aliphatic heterocycles. The molecule has 0 aliphatic carbocycles. The monoisotopic (exact) mass is 585 g/mol. The Morgan fingerprint density at radius 3 is 2.27 bits per heavy atom. The minimum atomic E-state index is -0.837. The van der Waals surface area contributed by atoms with Crippen molar-refractivity contribution in [3.8, 4) is 0 Å². The number of amides is 3. The van der Waals surface area contributed by atoms with E-state index in [0.717, 1.165) is 12.1 Å². The Kier molecular flexibility index (Phi) is 10.3. The summed E-state index contributed by atoms with van der Waals surface area (Å²) < 4.78 is 14.0. The highest BCUT2D eigenvalue weighted by Gasteiger charge is 2.29. The van der Waals surface area contributed by atoms with Gasteiger partial charge in [0.25, 0.3) is 0 Å². The molecule has 4 rings (SSSR count). The quantitative estimate of drug-likeness (QED) is 0.319. The molecule has 3 aromatic carbocycles. The van der Waals surface area contributed by atoms with Gasteiger partial charge < -0.3 is 26.2 Å². The smallest absolute Gasteiger partial charge is 0.312 e. The van der Waals surface area contributed by atoms with E-state index >= 15 is 0 Å². The fourth-order valence-electron chi connectivity index (χ4n) is 4.99. The van der Waals surface area contributed by atoms with Crippen molar-refractivity contribution in [3.05, 3.63) is 99.3 Å². The number of para-hydroxylation sites is 1. The largest absolute Gasteiger partial charge is 0.368 e. The Hall–Kier alpha value is -3.33. The van der Waals surface area contributed by atoms with Crippen LogP contribution in [0.1, 0.15) is 23.6 Å². The predicted octanol–water partition coefficient (Wildman–Crippen LogP) is 4.78. The molecule has 2 atom stereocenters. The van der Waals surface area contributed by atoms with Gasteiger partial charge in [-0.2, -0.15) is 0 Å². The zero-order chi connectivity index (χ0) is 28.6. The highest BCUT2D eigenvalue weighted by Crippen LogP contribution is 2.25. The van der Waals surface area contributed by atoms with Crippen molar-refractivity contribution in [1.82, 2.24) is 15.5 Å². The lowest BCUT2D eigenvalue weighted by Gasteiger charge is -2.38. The van der Waals surface area contributed by atoms with Gasteiger partial charge in [0, 0.05) is 66.5 Å². The molecule has 0 bridgehead atoms. The highest BCUT2D eigenvalue weighted by molar-refractivity contribution is 6.35. The number of hydrogen-bond acceptors (Lipinski definition) is 4. The van der Waals surface area contributed by atoms with E-state index in [0.29, 0.717) is 53.9 Å². The SMILES string of the molecule is CC(Cc1ccccc1N1CCN(C(=O)C(Cc2ccc(Cl)cc2Cl)NC(N)=O)CC1)NCc1ccccc1F. The van der Waals surface area contributed by atoms with Crippen LogP contribution in [0.5, 0.6) is 0 Å². The summed E-state index contributed by atoms with van der Waals surface area (Å²) in [5.74, 6) is -0.414. The van der Waals surface area contributed by atoms with E-state index in [1.807, 2.05) is 18.2 Å². The molecule has 40 heavy (non-hydrogen) atoms. The van der Waals surface area contributed by atoms with Crippen LogP contribution in [0.3, 0.4) is 0 Å². The van der Waals surface area contributed by atoms with E-state index in [9.17, 15) is 14.0 Å². The summed E-state index contributed by atoms with van der Waals surface area (Å²) in [7, 11) is 0. The van der Waals surface area contributed by atoms with Gasteiger partial charge in [-0.1, -0.05) is 65.7 Å². The summed E-state index contributed by atoms with van der Waals surface area (Å²) in [6.07, 6.45) is 0.981. The number of piperazine rings is 1. The average Bonchev–Trinajstić information content (AvgIpc) is 2.93. The topological polar surface area (TPSA) is 90.7 Å². The maximum atomic E-state index is 14.0. The number of carbonyl (C=O) groups excluding carboxylic acids is 2. The number of rotatable bonds is 10. The first-order chi connectivity index (χ1) is 19.2. The molecule has 2 unspecified atom stereocenters. The van der Waals surface area contributed by atoms with Crippen molar-refractivity contribution < 1.29 is 14.0 Å². The Balaban J connectivity index is 1.37. The van der Waals surface area contributed by atoms with Gasteiger partial charge in [0.2, 0.25) is 5.91 Å². The van der Waals surface area contributed by atoms with Crippen LogP contribution in [-0.2, 0) is 24.2 Å². The molecule has 0 saturated carbocycles. The number of carbonyl (C=O) groups is 2. The van der Waals surface area contributed by atoms with Crippen LogP contribution < -0.4 is 21.3 Å². The van der Waals surface area contributed by atoms with E-state index in [1.165, 1.54) is 11.6 Å². The number of anilines is 1. The van der Waals surface area contributed by atoms with E-state index in [2.05, 4.69) is 34.6 Å². The highest BCUT2D eigenvalue weighted by atomic mass is 35.5. The van der Waals surface area contributed by atoms with Gasteiger partial charge in [0.15, 0.2) is 0 Å². The van der Waals surface area contributed by atoms with Crippen LogP contribution in [0, 0.1) is 5.82 Å². The van der Waals surface area contributed by atoms with Gasteiger partial charge in [0.05, 0.1) is 0 Å². The predicted molar refractivity (Wildman–Crippen MR) is 158 cm³/mol. The second-order valence-corrected chi connectivity index (χ2v) is 10.9.